The van der Waals surface area contributed by atoms with Gasteiger partial charge in [-0.2, -0.15) is 0 Å². The molecule has 2 saturated heterocycles. The van der Waals surface area contributed by atoms with E-state index in [-0.39, 0.29) is 48.7 Å². The van der Waals surface area contributed by atoms with Crippen LogP contribution in [0.25, 0.3) is 0 Å². The molecule has 6 rings (SSSR count). The second-order valence-electron chi connectivity index (χ2n) is 17.8. The van der Waals surface area contributed by atoms with Crippen LogP contribution in [0.4, 0.5) is 0 Å². The Hall–Kier alpha value is -0.820. The number of aliphatic hydroxyl groups excluding tert-OH is 7. The Morgan fingerprint density at radius 3 is 2.25 bits per heavy atom. The summed E-state index contributed by atoms with van der Waals surface area (Å²) in [5.74, 6) is -0.877. The number of rotatable bonds is 12. The maximum Gasteiger partial charge on any atom is 0.187 e. The van der Waals surface area contributed by atoms with Crippen molar-refractivity contribution in [1.82, 2.24) is 0 Å². The number of methoxy groups -OCH3 is 2. The summed E-state index contributed by atoms with van der Waals surface area (Å²) in [6.45, 7) is 8.31. The first kappa shape index (κ1) is 41.8. The van der Waals surface area contributed by atoms with Crippen molar-refractivity contribution in [2.45, 2.75) is 152 Å². The summed E-state index contributed by atoms with van der Waals surface area (Å²) in [6, 6.07) is 0. The van der Waals surface area contributed by atoms with E-state index in [1.54, 1.807) is 0 Å². The monoisotopic (exact) mass is 758 g/mol. The molecule has 0 bridgehead atoms. The predicted octanol–water partition coefficient (Wildman–Crippen LogP) is 0.479. The predicted molar refractivity (Wildman–Crippen MR) is 189 cm³/mol. The fourth-order valence-electron chi connectivity index (χ4n) is 12.1. The number of fused-ring (bicyclic) bond motifs is 5. The molecule has 4 saturated carbocycles. The van der Waals surface area contributed by atoms with E-state index in [9.17, 15) is 40.9 Å². The topological polar surface area (TPSA) is 217 Å². The van der Waals surface area contributed by atoms with Crippen LogP contribution in [0.5, 0.6) is 0 Å². The summed E-state index contributed by atoms with van der Waals surface area (Å²) in [7, 11) is 2.88. The number of aliphatic hydroxyl groups is 8. The lowest BCUT2D eigenvalue weighted by molar-refractivity contribution is -0.310. The van der Waals surface area contributed by atoms with Gasteiger partial charge in [0.1, 0.15) is 36.6 Å². The molecule has 0 aromatic heterocycles. The molecular formula is C39H66O14. The van der Waals surface area contributed by atoms with Crippen molar-refractivity contribution < 1.29 is 69.3 Å². The SMILES string of the molecule is CO[C@H]1[C@H](O[C@H]2[C@H](OC[C@@H](C)C/C=C/[C@@H](C)[C@H]3C[C@@H](O)[C@@H]4[C@]3(C)CC[C@@H]3[C@@]5(C)CC[C@H](O)[C@H](O)[C@@H]5[C@@H](O)C[C@]34O)O[C@@H](CO)[C@@H]2O)OC[C@@H](OC)[C@@H]1O. The number of hydrogen-bond donors (Lipinski definition) is 8. The zero-order chi connectivity index (χ0) is 38.6. The van der Waals surface area contributed by atoms with Crippen LogP contribution < -0.4 is 0 Å². The van der Waals surface area contributed by atoms with E-state index >= 15 is 0 Å². The zero-order valence-electron chi connectivity index (χ0n) is 32.1. The molecular weight excluding hydrogens is 692 g/mol. The van der Waals surface area contributed by atoms with Crippen LogP contribution in [0, 0.1) is 46.3 Å². The summed E-state index contributed by atoms with van der Waals surface area (Å²) in [5, 5.41) is 88.3. The molecule has 14 heteroatoms. The van der Waals surface area contributed by atoms with Crippen molar-refractivity contribution in [3.05, 3.63) is 12.2 Å². The minimum atomic E-state index is -1.28. The van der Waals surface area contributed by atoms with Gasteiger partial charge in [-0.1, -0.05) is 39.8 Å². The van der Waals surface area contributed by atoms with Gasteiger partial charge in [-0.15, -0.1) is 0 Å². The van der Waals surface area contributed by atoms with Gasteiger partial charge in [0.15, 0.2) is 12.6 Å². The Morgan fingerprint density at radius 2 is 1.57 bits per heavy atom. The first-order valence-electron chi connectivity index (χ1n) is 19.7. The smallest absolute Gasteiger partial charge is 0.187 e. The normalized spacial score (nSPS) is 52.6. The molecule has 6 fully saturated rings. The second kappa shape index (κ2) is 16.2. The van der Waals surface area contributed by atoms with E-state index in [1.165, 1.54) is 14.2 Å². The summed E-state index contributed by atoms with van der Waals surface area (Å²) in [4.78, 5) is 0. The molecule has 14 nitrogen and oxygen atoms in total. The highest BCUT2D eigenvalue weighted by Crippen LogP contribution is 2.69. The molecule has 8 N–H and O–H groups in total. The molecule has 0 aromatic carbocycles. The van der Waals surface area contributed by atoms with Crippen LogP contribution in [0.3, 0.4) is 0 Å². The average molecular weight is 759 g/mol. The summed E-state index contributed by atoms with van der Waals surface area (Å²) in [5.41, 5.74) is -2.19. The molecule has 0 radical (unpaired) electrons. The van der Waals surface area contributed by atoms with E-state index < -0.39 is 103 Å². The highest BCUT2D eigenvalue weighted by molar-refractivity contribution is 5.21. The van der Waals surface area contributed by atoms with Crippen molar-refractivity contribution in [2.75, 3.05) is 34.0 Å². The Labute approximate surface area is 313 Å². The van der Waals surface area contributed by atoms with E-state index in [1.807, 2.05) is 13.8 Å². The van der Waals surface area contributed by atoms with Gasteiger partial charge in [-0.05, 0) is 73.0 Å². The van der Waals surface area contributed by atoms with Crippen molar-refractivity contribution >= 4 is 0 Å². The van der Waals surface area contributed by atoms with Crippen LogP contribution in [0.2, 0.25) is 0 Å². The number of hydrogen-bond acceptors (Lipinski definition) is 14. The first-order valence-corrected chi connectivity index (χ1v) is 19.7. The summed E-state index contributed by atoms with van der Waals surface area (Å²) < 4.78 is 34.4. The molecule has 6 aliphatic rings. The lowest BCUT2D eigenvalue weighted by Gasteiger charge is -2.66. The maximum atomic E-state index is 12.6. The lowest BCUT2D eigenvalue weighted by Crippen LogP contribution is -2.70. The maximum absolute atomic E-state index is 12.6. The van der Waals surface area contributed by atoms with Gasteiger partial charge in [0.05, 0.1) is 49.8 Å². The average Bonchev–Trinajstić information content (AvgIpc) is 3.57. The molecule has 306 valence electrons. The van der Waals surface area contributed by atoms with Gasteiger partial charge in [0.25, 0.3) is 0 Å². The number of allylic oxidation sites excluding steroid dienone is 2. The molecule has 0 amide bonds. The summed E-state index contributed by atoms with van der Waals surface area (Å²) >= 11 is 0. The standard InChI is InChI=1S/C39H66O14/c1-19(17-50-36-33(30(45)25(16-40)52-36)53-35-32(49-6)31(46)26(48-5)18-51-35)8-7-9-20(2)21-14-23(42)34-37(21,3)13-11-27-38(4)12-10-22(41)29(44)28(38)24(43)15-39(27,34)47/h7,9,19-36,40-47H,8,10-18H2,1-6H3/b9-7+/t19-,20+,21+,22-,23+,24-,25-,26+,27+,28-,29-,30-,31-,32+,33+,34+,35-,36+,37+,38+,39-/m0/s1. The zero-order valence-corrected chi connectivity index (χ0v) is 32.1. The Bertz CT molecular complexity index is 1260. The summed E-state index contributed by atoms with van der Waals surface area (Å²) in [6.07, 6.45) is -3.13. The van der Waals surface area contributed by atoms with Gasteiger partial charge < -0.3 is 69.3 Å². The molecule has 4 aliphatic carbocycles. The van der Waals surface area contributed by atoms with Crippen molar-refractivity contribution in [1.29, 1.82) is 0 Å². The largest absolute Gasteiger partial charge is 0.394 e. The van der Waals surface area contributed by atoms with Crippen LogP contribution in [-0.4, -0.2) is 154 Å². The van der Waals surface area contributed by atoms with Crippen LogP contribution in [0.1, 0.15) is 72.6 Å². The Morgan fingerprint density at radius 1 is 0.849 bits per heavy atom. The van der Waals surface area contributed by atoms with E-state index in [0.717, 1.165) is 12.8 Å². The fourth-order valence-corrected chi connectivity index (χ4v) is 12.1. The van der Waals surface area contributed by atoms with Crippen molar-refractivity contribution in [3.8, 4) is 0 Å². The third-order valence-electron chi connectivity index (χ3n) is 14.7. The van der Waals surface area contributed by atoms with Gasteiger partial charge >= 0.3 is 0 Å². The first-order chi connectivity index (χ1) is 25.0. The van der Waals surface area contributed by atoms with Gasteiger partial charge in [-0.25, -0.2) is 0 Å². The minimum absolute atomic E-state index is 0.0467. The molecule has 2 aliphatic heterocycles. The van der Waals surface area contributed by atoms with E-state index in [2.05, 4.69) is 26.0 Å². The fraction of sp³-hybridized carbons (Fsp3) is 0.949. The molecule has 0 aromatic rings. The number of ether oxygens (including phenoxy) is 6. The van der Waals surface area contributed by atoms with Crippen LogP contribution in [0.15, 0.2) is 12.2 Å². The van der Waals surface area contributed by atoms with E-state index in [4.69, 9.17) is 28.4 Å². The molecule has 21 atom stereocenters. The van der Waals surface area contributed by atoms with Gasteiger partial charge in [0.2, 0.25) is 0 Å². The third kappa shape index (κ3) is 7.30. The molecule has 0 unspecified atom stereocenters. The van der Waals surface area contributed by atoms with Crippen molar-refractivity contribution in [2.24, 2.45) is 46.3 Å². The Balaban J connectivity index is 1.06. The third-order valence-corrected chi connectivity index (χ3v) is 14.7. The lowest BCUT2D eigenvalue weighted by atomic mass is 9.41. The van der Waals surface area contributed by atoms with E-state index in [0.29, 0.717) is 25.7 Å². The van der Waals surface area contributed by atoms with Gasteiger partial charge in [-0.3, -0.25) is 0 Å². The van der Waals surface area contributed by atoms with Gasteiger partial charge in [0, 0.05) is 32.5 Å². The molecule has 0 spiro atoms. The molecule has 2 heterocycles. The molecule has 53 heavy (non-hydrogen) atoms. The minimum Gasteiger partial charge on any atom is -0.394 e. The highest BCUT2D eigenvalue weighted by atomic mass is 16.8. The van der Waals surface area contributed by atoms with Crippen molar-refractivity contribution in [3.63, 3.8) is 0 Å². The quantitative estimate of drug-likeness (QED) is 0.127. The van der Waals surface area contributed by atoms with Crippen LogP contribution in [-0.2, 0) is 28.4 Å². The highest BCUT2D eigenvalue weighted by Gasteiger charge is 2.71. The van der Waals surface area contributed by atoms with Crippen LogP contribution >= 0.6 is 0 Å². The Kier molecular flexibility index (Phi) is 12.8. The second-order valence-corrected chi connectivity index (χ2v) is 17.8.